The third-order valence-corrected chi connectivity index (χ3v) is 5.58. The van der Waals surface area contributed by atoms with E-state index in [1.54, 1.807) is 12.1 Å². The summed E-state index contributed by atoms with van der Waals surface area (Å²) < 4.78 is 18.8. The van der Waals surface area contributed by atoms with Gasteiger partial charge < -0.3 is 9.42 Å². The second kappa shape index (κ2) is 6.49. The number of hydrogen-bond donors (Lipinski definition) is 0. The summed E-state index contributed by atoms with van der Waals surface area (Å²) in [6, 6.07) is 6.19. The van der Waals surface area contributed by atoms with Gasteiger partial charge in [-0.1, -0.05) is 31.1 Å². The molecule has 0 unspecified atom stereocenters. The Morgan fingerprint density at radius 2 is 2.00 bits per heavy atom. The summed E-state index contributed by atoms with van der Waals surface area (Å²) in [5.74, 6) is 1.24. The van der Waals surface area contributed by atoms with Crippen molar-refractivity contribution in [1.82, 2.24) is 15.0 Å². The van der Waals surface area contributed by atoms with Crippen LogP contribution < -0.4 is 0 Å². The molecule has 26 heavy (non-hydrogen) atoms. The monoisotopic (exact) mass is 357 g/mol. The molecule has 6 heteroatoms. The molecule has 0 bridgehead atoms. The minimum absolute atomic E-state index is 0.109. The topological polar surface area (TPSA) is 59.2 Å². The molecule has 1 aromatic heterocycles. The van der Waals surface area contributed by atoms with Gasteiger partial charge in [-0.25, -0.2) is 4.39 Å². The van der Waals surface area contributed by atoms with Crippen LogP contribution in [0.3, 0.4) is 0 Å². The van der Waals surface area contributed by atoms with E-state index in [1.807, 2.05) is 18.7 Å². The molecule has 138 valence electrons. The number of nitrogens with zero attached hydrogens (tertiary/aromatic N) is 3. The Morgan fingerprint density at radius 1 is 1.27 bits per heavy atom. The smallest absolute Gasteiger partial charge is 0.249 e. The van der Waals surface area contributed by atoms with Gasteiger partial charge in [-0.2, -0.15) is 4.98 Å². The van der Waals surface area contributed by atoms with Crippen LogP contribution in [-0.2, 0) is 10.2 Å². The maximum atomic E-state index is 13.4. The van der Waals surface area contributed by atoms with Crippen LogP contribution in [0.25, 0.3) is 0 Å². The molecule has 0 N–H and O–H groups in total. The predicted molar refractivity (Wildman–Crippen MR) is 94.0 cm³/mol. The lowest BCUT2D eigenvalue weighted by Crippen LogP contribution is -2.44. The molecule has 1 aromatic carbocycles. The molecule has 4 rings (SSSR count). The van der Waals surface area contributed by atoms with Gasteiger partial charge in [0, 0.05) is 12.5 Å². The van der Waals surface area contributed by atoms with Crippen molar-refractivity contribution in [3.8, 4) is 0 Å². The van der Waals surface area contributed by atoms with Gasteiger partial charge in [0.05, 0.1) is 5.41 Å². The molecule has 2 heterocycles. The third kappa shape index (κ3) is 2.91. The normalized spacial score (nSPS) is 21.8. The molecule has 1 atom stereocenters. The van der Waals surface area contributed by atoms with Gasteiger partial charge in [0.2, 0.25) is 11.8 Å². The quantitative estimate of drug-likeness (QED) is 0.826. The molecule has 1 saturated carbocycles. The van der Waals surface area contributed by atoms with Crippen molar-refractivity contribution in [1.29, 1.82) is 0 Å². The van der Waals surface area contributed by atoms with Gasteiger partial charge in [0.1, 0.15) is 11.9 Å². The third-order valence-electron chi connectivity index (χ3n) is 5.58. The molecule has 2 fully saturated rings. The fourth-order valence-corrected chi connectivity index (χ4v) is 3.84. The molecular weight excluding hydrogens is 333 g/mol. The van der Waals surface area contributed by atoms with Gasteiger partial charge >= 0.3 is 0 Å². The van der Waals surface area contributed by atoms with Crippen LogP contribution >= 0.6 is 0 Å². The zero-order valence-electron chi connectivity index (χ0n) is 15.2. The van der Waals surface area contributed by atoms with Crippen molar-refractivity contribution in [2.45, 2.75) is 63.3 Å². The van der Waals surface area contributed by atoms with Gasteiger partial charge in [-0.3, -0.25) is 4.79 Å². The molecule has 0 radical (unpaired) electrons. The first-order valence-corrected chi connectivity index (χ1v) is 9.42. The van der Waals surface area contributed by atoms with Gasteiger partial charge in [-0.15, -0.1) is 0 Å². The highest BCUT2D eigenvalue weighted by atomic mass is 19.1. The Hall–Kier alpha value is -2.24. The number of hydrogen-bond acceptors (Lipinski definition) is 4. The van der Waals surface area contributed by atoms with E-state index in [9.17, 15) is 9.18 Å². The van der Waals surface area contributed by atoms with E-state index in [0.29, 0.717) is 18.3 Å². The largest absolute Gasteiger partial charge is 0.337 e. The number of carbonyl (C=O) groups excluding carboxylic acids is 1. The zero-order chi connectivity index (χ0) is 18.3. The molecule has 1 aliphatic carbocycles. The van der Waals surface area contributed by atoms with Crippen molar-refractivity contribution in [3.63, 3.8) is 0 Å². The van der Waals surface area contributed by atoms with Crippen molar-refractivity contribution in [3.05, 3.63) is 47.4 Å². The summed E-state index contributed by atoms with van der Waals surface area (Å²) in [5.41, 5.74) is 0.395. The van der Waals surface area contributed by atoms with E-state index >= 15 is 0 Å². The van der Waals surface area contributed by atoms with Crippen LogP contribution in [-0.4, -0.2) is 27.5 Å². The number of piperidine rings is 1. The fourth-order valence-electron chi connectivity index (χ4n) is 3.84. The maximum Gasteiger partial charge on any atom is 0.249 e. The van der Waals surface area contributed by atoms with Crippen LogP contribution in [0.2, 0.25) is 0 Å². The van der Waals surface area contributed by atoms with Crippen molar-refractivity contribution in [2.24, 2.45) is 0 Å². The van der Waals surface area contributed by atoms with Crippen molar-refractivity contribution >= 4 is 5.91 Å². The Labute approximate surface area is 152 Å². The molecule has 1 aliphatic heterocycles. The second-order valence-corrected chi connectivity index (χ2v) is 7.74. The Kier molecular flexibility index (Phi) is 4.29. The molecule has 1 saturated heterocycles. The lowest BCUT2D eigenvalue weighted by Gasteiger charge is -2.36. The van der Waals surface area contributed by atoms with E-state index < -0.39 is 5.41 Å². The zero-order valence-corrected chi connectivity index (χ0v) is 15.2. The predicted octanol–water partition coefficient (Wildman–Crippen LogP) is 4.12. The first-order valence-electron chi connectivity index (χ1n) is 9.42. The van der Waals surface area contributed by atoms with Crippen LogP contribution in [0.4, 0.5) is 4.39 Å². The number of carbonyl (C=O) groups is 1. The van der Waals surface area contributed by atoms with E-state index in [2.05, 4.69) is 10.1 Å². The Balaban J connectivity index is 1.61. The number of benzene rings is 1. The molecular formula is C20H24FN3O2. The van der Waals surface area contributed by atoms with Crippen LogP contribution in [0.1, 0.15) is 75.2 Å². The minimum Gasteiger partial charge on any atom is -0.337 e. The molecule has 1 amide bonds. The van der Waals surface area contributed by atoms with Gasteiger partial charge in [0.25, 0.3) is 0 Å². The number of aromatic nitrogens is 2. The average molecular weight is 357 g/mol. The SMILES string of the molecule is CC(C)c1noc([C@H]2CCCCN2C(=O)C2(c3ccc(F)cc3)CC2)n1. The lowest BCUT2D eigenvalue weighted by molar-refractivity contribution is -0.138. The van der Waals surface area contributed by atoms with Crippen LogP contribution in [0.5, 0.6) is 0 Å². The van der Waals surface area contributed by atoms with E-state index in [1.165, 1.54) is 12.1 Å². The van der Waals surface area contributed by atoms with Crippen LogP contribution in [0.15, 0.2) is 28.8 Å². The first kappa shape index (κ1) is 17.2. The molecule has 2 aromatic rings. The Morgan fingerprint density at radius 3 is 2.62 bits per heavy atom. The highest BCUT2D eigenvalue weighted by Crippen LogP contribution is 2.51. The van der Waals surface area contributed by atoms with Crippen molar-refractivity contribution < 1.29 is 13.7 Å². The first-order chi connectivity index (χ1) is 12.5. The van der Waals surface area contributed by atoms with Crippen molar-refractivity contribution in [2.75, 3.05) is 6.54 Å². The summed E-state index contributed by atoms with van der Waals surface area (Å²) in [4.78, 5) is 19.9. The second-order valence-electron chi connectivity index (χ2n) is 7.74. The maximum absolute atomic E-state index is 13.4. The van der Waals surface area contributed by atoms with Gasteiger partial charge in [0.15, 0.2) is 5.82 Å². The molecule has 2 aliphatic rings. The van der Waals surface area contributed by atoms with E-state index in [4.69, 9.17) is 4.52 Å². The molecule has 5 nitrogen and oxygen atoms in total. The Bertz CT molecular complexity index is 796. The number of rotatable bonds is 4. The summed E-state index contributed by atoms with van der Waals surface area (Å²) >= 11 is 0. The van der Waals surface area contributed by atoms with E-state index in [-0.39, 0.29) is 23.7 Å². The summed E-state index contributed by atoms with van der Waals surface area (Å²) in [6.07, 6.45) is 4.47. The molecule has 0 spiro atoms. The average Bonchev–Trinajstić information content (AvgIpc) is 3.30. The minimum atomic E-state index is -0.510. The lowest BCUT2D eigenvalue weighted by atomic mass is 9.91. The summed E-state index contributed by atoms with van der Waals surface area (Å²) in [5, 5.41) is 4.06. The fraction of sp³-hybridized carbons (Fsp3) is 0.550. The van der Waals surface area contributed by atoms with Gasteiger partial charge in [-0.05, 0) is 49.8 Å². The number of amides is 1. The van der Waals surface area contributed by atoms with E-state index in [0.717, 1.165) is 37.7 Å². The van der Waals surface area contributed by atoms with Crippen LogP contribution in [0, 0.1) is 5.82 Å². The standard InChI is InChI=1S/C20H24FN3O2/c1-13(2)17-22-18(26-23-17)16-5-3-4-12-24(16)19(25)20(10-11-20)14-6-8-15(21)9-7-14/h6-9,13,16H,3-5,10-12H2,1-2H3/t16-/m1/s1. The summed E-state index contributed by atoms with van der Waals surface area (Å²) in [7, 11) is 0. The summed E-state index contributed by atoms with van der Waals surface area (Å²) in [6.45, 7) is 4.74. The highest BCUT2D eigenvalue weighted by Gasteiger charge is 2.54. The highest BCUT2D eigenvalue weighted by molar-refractivity contribution is 5.91. The number of likely N-dealkylation sites (tertiary alicyclic amines) is 1. The number of halogens is 1.